The van der Waals surface area contributed by atoms with Crippen LogP contribution in [0.2, 0.25) is 10.0 Å². The van der Waals surface area contributed by atoms with Crippen molar-refractivity contribution in [2.75, 3.05) is 6.61 Å². The fraction of sp³-hybridized carbons (Fsp3) is 0.227. The molecule has 10 heteroatoms. The van der Waals surface area contributed by atoms with Crippen LogP contribution in [0.4, 0.5) is 8.78 Å². The van der Waals surface area contributed by atoms with Crippen LogP contribution in [0, 0.1) is 11.6 Å². The molecule has 0 unspecified atom stereocenters. The molecule has 0 N–H and O–H groups in total. The van der Waals surface area contributed by atoms with Crippen LogP contribution in [-0.4, -0.2) is 33.2 Å². The number of halogens is 4. The smallest absolute Gasteiger partial charge is 0.327 e. The summed E-state index contributed by atoms with van der Waals surface area (Å²) in [5.74, 6) is -2.77. The number of benzene rings is 2. The molecule has 1 heterocycles. The molecular weight excluding hydrogens is 463 g/mol. The number of hydrogen-bond donors (Lipinski definition) is 0. The minimum atomic E-state index is -0.861. The van der Waals surface area contributed by atoms with Crippen molar-refractivity contribution in [3.63, 3.8) is 0 Å². The maximum Gasteiger partial charge on any atom is 0.327 e. The SMILES string of the molecule is CCOC(=O)Cn1cc(CN(Cc2ccc(Cl)cc2Cl)C(=O)c2cc(F)cc(F)c2)cn1. The highest BCUT2D eigenvalue weighted by molar-refractivity contribution is 6.35. The molecule has 6 nitrogen and oxygen atoms in total. The van der Waals surface area contributed by atoms with Gasteiger partial charge >= 0.3 is 5.97 Å². The predicted molar refractivity (Wildman–Crippen MR) is 115 cm³/mol. The number of nitrogens with zero attached hydrogens (tertiary/aromatic N) is 3. The van der Waals surface area contributed by atoms with E-state index in [1.807, 2.05) is 0 Å². The van der Waals surface area contributed by atoms with Crippen molar-refractivity contribution >= 4 is 35.1 Å². The molecule has 0 spiro atoms. The zero-order chi connectivity index (χ0) is 23.3. The summed E-state index contributed by atoms with van der Waals surface area (Å²) in [5.41, 5.74) is 1.05. The Morgan fingerprint density at radius 3 is 2.47 bits per heavy atom. The monoisotopic (exact) mass is 481 g/mol. The number of aromatic nitrogens is 2. The maximum atomic E-state index is 13.7. The molecule has 0 saturated heterocycles. The second kappa shape index (κ2) is 10.6. The fourth-order valence-electron chi connectivity index (χ4n) is 3.05. The predicted octanol–water partition coefficient (Wildman–Crippen LogP) is 4.87. The molecule has 0 saturated carbocycles. The molecule has 0 fully saturated rings. The topological polar surface area (TPSA) is 64.4 Å². The van der Waals surface area contributed by atoms with Gasteiger partial charge in [0.15, 0.2) is 0 Å². The molecule has 1 aromatic heterocycles. The Hall–Kier alpha value is -2.97. The highest BCUT2D eigenvalue weighted by Gasteiger charge is 2.20. The Morgan fingerprint density at radius 1 is 1.09 bits per heavy atom. The largest absolute Gasteiger partial charge is 0.465 e. The molecule has 0 aliphatic carbocycles. The van der Waals surface area contributed by atoms with Gasteiger partial charge in [0.2, 0.25) is 0 Å². The number of esters is 1. The summed E-state index contributed by atoms with van der Waals surface area (Å²) in [4.78, 5) is 26.2. The molecule has 0 aliphatic rings. The third-order valence-corrected chi connectivity index (χ3v) is 5.02. The van der Waals surface area contributed by atoms with Gasteiger partial charge < -0.3 is 9.64 Å². The van der Waals surface area contributed by atoms with Crippen LogP contribution in [-0.2, 0) is 29.2 Å². The van der Waals surface area contributed by atoms with E-state index in [1.54, 1.807) is 31.3 Å². The number of ether oxygens (including phenoxy) is 1. The Balaban J connectivity index is 1.87. The molecule has 168 valence electrons. The van der Waals surface area contributed by atoms with Crippen LogP contribution in [0.15, 0.2) is 48.8 Å². The van der Waals surface area contributed by atoms with E-state index in [-0.39, 0.29) is 31.8 Å². The number of carbonyl (C=O) groups excluding carboxylic acids is 2. The van der Waals surface area contributed by atoms with Crippen molar-refractivity contribution in [1.82, 2.24) is 14.7 Å². The van der Waals surface area contributed by atoms with Crippen LogP contribution >= 0.6 is 23.2 Å². The van der Waals surface area contributed by atoms with E-state index >= 15 is 0 Å². The molecule has 1 amide bonds. The molecule has 3 aromatic rings. The van der Waals surface area contributed by atoms with Crippen molar-refractivity contribution in [3.8, 4) is 0 Å². The summed E-state index contributed by atoms with van der Waals surface area (Å²) >= 11 is 12.2. The van der Waals surface area contributed by atoms with Gasteiger partial charge in [0.05, 0.1) is 12.8 Å². The Bertz CT molecular complexity index is 1120. The molecule has 2 aromatic carbocycles. The standard InChI is InChI=1S/C22H19Cl2F2N3O3/c1-2-32-21(30)13-29-11-14(9-27-29)10-28(12-15-3-4-17(23)7-20(15)24)22(31)16-5-18(25)8-19(26)6-16/h3-9,11H,2,10,12-13H2,1H3. The highest BCUT2D eigenvalue weighted by Crippen LogP contribution is 2.24. The van der Waals surface area contributed by atoms with Gasteiger partial charge in [0.1, 0.15) is 18.2 Å². The lowest BCUT2D eigenvalue weighted by Crippen LogP contribution is -2.30. The summed E-state index contributed by atoms with van der Waals surface area (Å²) in [5, 5.41) is 4.88. The van der Waals surface area contributed by atoms with E-state index in [2.05, 4.69) is 5.10 Å². The zero-order valence-electron chi connectivity index (χ0n) is 17.0. The number of rotatable bonds is 8. The molecule has 0 aliphatic heterocycles. The first kappa shape index (κ1) is 23.7. The van der Waals surface area contributed by atoms with Crippen molar-refractivity contribution in [2.45, 2.75) is 26.6 Å². The first-order valence-corrected chi connectivity index (χ1v) is 10.4. The van der Waals surface area contributed by atoms with Crippen LogP contribution in [0.1, 0.15) is 28.4 Å². The van der Waals surface area contributed by atoms with E-state index in [9.17, 15) is 18.4 Å². The van der Waals surface area contributed by atoms with E-state index in [1.165, 1.54) is 15.8 Å². The summed E-state index contributed by atoms with van der Waals surface area (Å²) < 4.78 is 33.7. The van der Waals surface area contributed by atoms with Crippen molar-refractivity contribution in [3.05, 3.63) is 87.2 Å². The summed E-state index contributed by atoms with van der Waals surface area (Å²) in [6.45, 7) is 1.98. The summed E-state index contributed by atoms with van der Waals surface area (Å²) in [6, 6.07) is 7.46. The third-order valence-electron chi connectivity index (χ3n) is 4.43. The number of amides is 1. The van der Waals surface area contributed by atoms with E-state index in [0.717, 1.165) is 12.1 Å². The third kappa shape index (κ3) is 6.27. The molecular formula is C22H19Cl2F2N3O3. The lowest BCUT2D eigenvalue weighted by Gasteiger charge is -2.23. The van der Waals surface area contributed by atoms with Gasteiger partial charge in [-0.2, -0.15) is 5.10 Å². The van der Waals surface area contributed by atoms with Gasteiger partial charge in [0.25, 0.3) is 5.91 Å². The Labute approximate surface area is 193 Å². The van der Waals surface area contributed by atoms with Gasteiger partial charge in [-0.1, -0.05) is 29.3 Å². The minimum Gasteiger partial charge on any atom is -0.465 e. The second-order valence-corrected chi connectivity index (χ2v) is 7.75. The Kier molecular flexibility index (Phi) is 7.82. The quantitative estimate of drug-likeness (QED) is 0.430. The summed E-state index contributed by atoms with van der Waals surface area (Å²) in [6.07, 6.45) is 3.09. The number of carbonyl (C=O) groups is 2. The van der Waals surface area contributed by atoms with E-state index in [0.29, 0.717) is 27.2 Å². The average Bonchev–Trinajstić information content (AvgIpc) is 3.15. The zero-order valence-corrected chi connectivity index (χ0v) is 18.5. The van der Waals surface area contributed by atoms with Crippen LogP contribution < -0.4 is 0 Å². The first-order valence-electron chi connectivity index (χ1n) is 9.61. The molecule has 3 rings (SSSR count). The summed E-state index contributed by atoms with van der Waals surface area (Å²) in [7, 11) is 0. The van der Waals surface area contributed by atoms with Crippen LogP contribution in [0.3, 0.4) is 0 Å². The van der Waals surface area contributed by atoms with Crippen LogP contribution in [0.5, 0.6) is 0 Å². The van der Waals surface area contributed by atoms with Crippen molar-refractivity contribution in [2.24, 2.45) is 0 Å². The van der Waals surface area contributed by atoms with Gasteiger partial charge in [-0.15, -0.1) is 0 Å². The minimum absolute atomic E-state index is 0.0516. The van der Waals surface area contributed by atoms with Gasteiger partial charge in [-0.05, 0) is 36.8 Å². The normalized spacial score (nSPS) is 10.8. The molecule has 0 bridgehead atoms. The number of hydrogen-bond acceptors (Lipinski definition) is 4. The van der Waals surface area contributed by atoms with E-state index < -0.39 is 23.5 Å². The molecule has 0 atom stereocenters. The molecule has 0 radical (unpaired) electrons. The molecule has 32 heavy (non-hydrogen) atoms. The van der Waals surface area contributed by atoms with Crippen molar-refractivity contribution in [1.29, 1.82) is 0 Å². The lowest BCUT2D eigenvalue weighted by molar-refractivity contribution is -0.144. The maximum absolute atomic E-state index is 13.7. The highest BCUT2D eigenvalue weighted by atomic mass is 35.5. The second-order valence-electron chi connectivity index (χ2n) is 6.91. The lowest BCUT2D eigenvalue weighted by atomic mass is 10.1. The first-order chi connectivity index (χ1) is 15.2. The van der Waals surface area contributed by atoms with E-state index in [4.69, 9.17) is 27.9 Å². The van der Waals surface area contributed by atoms with Gasteiger partial charge in [-0.25, -0.2) is 8.78 Å². The Morgan fingerprint density at radius 2 is 1.81 bits per heavy atom. The fourth-order valence-corrected chi connectivity index (χ4v) is 3.52. The van der Waals surface area contributed by atoms with Crippen LogP contribution in [0.25, 0.3) is 0 Å². The van der Waals surface area contributed by atoms with Gasteiger partial charge in [-0.3, -0.25) is 14.3 Å². The average molecular weight is 482 g/mol. The van der Waals surface area contributed by atoms with Crippen molar-refractivity contribution < 1.29 is 23.1 Å². The van der Waals surface area contributed by atoms with Gasteiger partial charge in [0, 0.05) is 46.5 Å².